The van der Waals surface area contributed by atoms with E-state index in [2.05, 4.69) is 0 Å². The standard InChI is InChI=1S/C14H21NO5S/c1-11-10-12(21(18,19)20)7-8-13(11)15(2)9-5-3-4-6-14(16)17/h7-8,10H,3-6,9H2,1-2H3,(H,16,17)(H,18,19,20). The quantitative estimate of drug-likeness (QED) is 0.565. The van der Waals surface area contributed by atoms with Gasteiger partial charge in [0.25, 0.3) is 10.1 Å². The predicted octanol–water partition coefficient (Wildman–Crippen LogP) is 2.32. The lowest BCUT2D eigenvalue weighted by Crippen LogP contribution is -2.19. The first-order valence-electron chi connectivity index (χ1n) is 6.73. The van der Waals surface area contributed by atoms with Crippen molar-refractivity contribution in [2.24, 2.45) is 0 Å². The summed E-state index contributed by atoms with van der Waals surface area (Å²) in [6, 6.07) is 4.47. The van der Waals surface area contributed by atoms with Gasteiger partial charge in [-0.3, -0.25) is 9.35 Å². The normalized spacial score (nSPS) is 11.4. The number of carboxylic acids is 1. The lowest BCUT2D eigenvalue weighted by atomic mass is 10.1. The zero-order valence-corrected chi connectivity index (χ0v) is 13.1. The third-order valence-corrected chi connectivity index (χ3v) is 4.11. The molecule has 0 atom stereocenters. The van der Waals surface area contributed by atoms with E-state index >= 15 is 0 Å². The number of carboxylic acid groups (broad SMARTS) is 1. The molecule has 0 aliphatic heterocycles. The Morgan fingerprint density at radius 3 is 2.43 bits per heavy atom. The van der Waals surface area contributed by atoms with Crippen molar-refractivity contribution >= 4 is 21.8 Å². The highest BCUT2D eigenvalue weighted by Gasteiger charge is 2.12. The maximum Gasteiger partial charge on any atom is 0.303 e. The maximum atomic E-state index is 11.1. The van der Waals surface area contributed by atoms with E-state index in [0.717, 1.165) is 30.6 Å². The number of benzene rings is 1. The van der Waals surface area contributed by atoms with E-state index < -0.39 is 16.1 Å². The summed E-state index contributed by atoms with van der Waals surface area (Å²) in [5.74, 6) is -0.778. The molecule has 118 valence electrons. The highest BCUT2D eigenvalue weighted by atomic mass is 32.2. The topological polar surface area (TPSA) is 94.9 Å². The smallest absolute Gasteiger partial charge is 0.303 e. The van der Waals surface area contributed by atoms with Crippen LogP contribution in [-0.4, -0.2) is 37.6 Å². The molecule has 1 rings (SSSR count). The van der Waals surface area contributed by atoms with Crippen LogP contribution in [0.25, 0.3) is 0 Å². The predicted molar refractivity (Wildman–Crippen MR) is 80.4 cm³/mol. The first-order valence-corrected chi connectivity index (χ1v) is 8.17. The molecule has 1 aromatic carbocycles. The second-order valence-corrected chi connectivity index (χ2v) is 6.47. The molecule has 21 heavy (non-hydrogen) atoms. The van der Waals surface area contributed by atoms with E-state index in [1.54, 1.807) is 13.0 Å². The number of aliphatic carboxylic acids is 1. The minimum Gasteiger partial charge on any atom is -0.481 e. The van der Waals surface area contributed by atoms with Gasteiger partial charge in [0, 0.05) is 25.7 Å². The van der Waals surface area contributed by atoms with Gasteiger partial charge in [0.05, 0.1) is 4.90 Å². The summed E-state index contributed by atoms with van der Waals surface area (Å²) < 4.78 is 31.1. The van der Waals surface area contributed by atoms with Gasteiger partial charge >= 0.3 is 5.97 Å². The zero-order valence-electron chi connectivity index (χ0n) is 12.2. The molecular formula is C14H21NO5S. The van der Waals surface area contributed by atoms with E-state index in [1.165, 1.54) is 12.1 Å². The molecule has 0 fully saturated rings. The molecular weight excluding hydrogens is 294 g/mol. The molecule has 0 radical (unpaired) electrons. The Kier molecular flexibility index (Phi) is 6.17. The highest BCUT2D eigenvalue weighted by molar-refractivity contribution is 7.85. The van der Waals surface area contributed by atoms with Crippen LogP contribution in [-0.2, 0) is 14.9 Å². The summed E-state index contributed by atoms with van der Waals surface area (Å²) in [5, 5.41) is 8.55. The Balaban J connectivity index is 2.59. The molecule has 0 saturated carbocycles. The average molecular weight is 315 g/mol. The number of aryl methyl sites for hydroxylation is 1. The van der Waals surface area contributed by atoms with Crippen molar-refractivity contribution in [2.45, 2.75) is 37.5 Å². The highest BCUT2D eigenvalue weighted by Crippen LogP contribution is 2.22. The number of nitrogens with zero attached hydrogens (tertiary/aromatic N) is 1. The van der Waals surface area contributed by atoms with Crippen molar-refractivity contribution in [2.75, 3.05) is 18.5 Å². The van der Waals surface area contributed by atoms with Crippen molar-refractivity contribution in [3.8, 4) is 0 Å². The van der Waals surface area contributed by atoms with Gasteiger partial charge < -0.3 is 10.0 Å². The summed E-state index contributed by atoms with van der Waals surface area (Å²) in [6.07, 6.45) is 2.54. The van der Waals surface area contributed by atoms with Crippen molar-refractivity contribution in [1.29, 1.82) is 0 Å². The molecule has 0 bridgehead atoms. The number of carbonyl (C=O) groups is 1. The molecule has 0 amide bonds. The molecule has 0 aromatic heterocycles. The van der Waals surface area contributed by atoms with Crippen LogP contribution in [0.4, 0.5) is 5.69 Å². The van der Waals surface area contributed by atoms with Gasteiger partial charge in [0.1, 0.15) is 0 Å². The fourth-order valence-corrected chi connectivity index (χ4v) is 2.70. The van der Waals surface area contributed by atoms with E-state index in [0.29, 0.717) is 6.42 Å². The molecule has 2 N–H and O–H groups in total. The monoisotopic (exact) mass is 315 g/mol. The van der Waals surface area contributed by atoms with Crippen molar-refractivity contribution in [3.63, 3.8) is 0 Å². The first kappa shape index (κ1) is 17.5. The van der Waals surface area contributed by atoms with Crippen LogP contribution in [0.3, 0.4) is 0 Å². The fraction of sp³-hybridized carbons (Fsp3) is 0.500. The minimum atomic E-state index is -4.17. The largest absolute Gasteiger partial charge is 0.481 e. The second-order valence-electron chi connectivity index (χ2n) is 5.05. The second kappa shape index (κ2) is 7.42. The Hall–Kier alpha value is -1.60. The molecule has 7 heteroatoms. The Labute approximate surface area is 125 Å². The van der Waals surface area contributed by atoms with Crippen LogP contribution >= 0.6 is 0 Å². The van der Waals surface area contributed by atoms with Crippen LogP contribution in [0.5, 0.6) is 0 Å². The molecule has 0 heterocycles. The molecule has 0 aliphatic carbocycles. The van der Waals surface area contributed by atoms with Crippen LogP contribution in [0, 0.1) is 6.92 Å². The van der Waals surface area contributed by atoms with Crippen LogP contribution in [0.2, 0.25) is 0 Å². The van der Waals surface area contributed by atoms with Gasteiger partial charge in [0.15, 0.2) is 0 Å². The summed E-state index contributed by atoms with van der Waals surface area (Å²) in [5.41, 5.74) is 1.65. The van der Waals surface area contributed by atoms with E-state index in [4.69, 9.17) is 9.66 Å². The van der Waals surface area contributed by atoms with Gasteiger partial charge in [0.2, 0.25) is 0 Å². The van der Waals surface area contributed by atoms with E-state index in [-0.39, 0.29) is 11.3 Å². The zero-order chi connectivity index (χ0) is 16.0. The third kappa shape index (κ3) is 5.73. The molecule has 0 saturated heterocycles. The van der Waals surface area contributed by atoms with Crippen molar-refractivity contribution in [1.82, 2.24) is 0 Å². The van der Waals surface area contributed by atoms with Gasteiger partial charge in [-0.2, -0.15) is 8.42 Å². The number of hydrogen-bond donors (Lipinski definition) is 2. The summed E-state index contributed by atoms with van der Waals surface area (Å²) in [7, 11) is -2.28. The van der Waals surface area contributed by atoms with Gasteiger partial charge in [-0.05, 0) is 43.5 Å². The fourth-order valence-electron chi connectivity index (χ4n) is 2.14. The lowest BCUT2D eigenvalue weighted by molar-refractivity contribution is -0.137. The summed E-state index contributed by atoms with van der Waals surface area (Å²) in [4.78, 5) is 12.3. The molecule has 0 unspecified atom stereocenters. The van der Waals surface area contributed by atoms with Crippen LogP contribution < -0.4 is 4.90 Å². The van der Waals surface area contributed by atoms with Gasteiger partial charge in [-0.25, -0.2) is 0 Å². The summed E-state index contributed by atoms with van der Waals surface area (Å²) in [6.45, 7) is 2.54. The van der Waals surface area contributed by atoms with Crippen molar-refractivity contribution in [3.05, 3.63) is 23.8 Å². The molecule has 0 spiro atoms. The number of hydrogen-bond acceptors (Lipinski definition) is 4. The SMILES string of the molecule is Cc1cc(S(=O)(=O)O)ccc1N(C)CCCCCC(=O)O. The van der Waals surface area contributed by atoms with E-state index in [9.17, 15) is 13.2 Å². The molecule has 0 aliphatic rings. The number of rotatable bonds is 8. The molecule has 1 aromatic rings. The van der Waals surface area contributed by atoms with Crippen molar-refractivity contribution < 1.29 is 22.9 Å². The number of anilines is 1. The Morgan fingerprint density at radius 2 is 1.90 bits per heavy atom. The maximum absolute atomic E-state index is 11.1. The lowest BCUT2D eigenvalue weighted by Gasteiger charge is -2.21. The summed E-state index contributed by atoms with van der Waals surface area (Å²) >= 11 is 0. The van der Waals surface area contributed by atoms with Crippen LogP contribution in [0.15, 0.2) is 23.1 Å². The van der Waals surface area contributed by atoms with Gasteiger partial charge in [-0.15, -0.1) is 0 Å². The third-order valence-electron chi connectivity index (χ3n) is 3.26. The van der Waals surface area contributed by atoms with Gasteiger partial charge in [-0.1, -0.05) is 6.42 Å². The van der Waals surface area contributed by atoms with E-state index in [1.807, 2.05) is 11.9 Å². The Bertz CT molecular complexity index is 597. The average Bonchev–Trinajstić information content (AvgIpc) is 2.36. The van der Waals surface area contributed by atoms with Crippen LogP contribution in [0.1, 0.15) is 31.2 Å². The minimum absolute atomic E-state index is 0.112. The number of unbranched alkanes of at least 4 members (excludes halogenated alkanes) is 2. The Morgan fingerprint density at radius 1 is 1.24 bits per heavy atom. The first-order chi connectivity index (χ1) is 9.71. The molecule has 6 nitrogen and oxygen atoms in total.